The summed E-state index contributed by atoms with van der Waals surface area (Å²) < 4.78 is 0. The molecule has 0 saturated heterocycles. The Morgan fingerprint density at radius 1 is 0.946 bits per heavy atom. The van der Waals surface area contributed by atoms with Crippen molar-refractivity contribution in [3.63, 3.8) is 0 Å². The minimum absolute atomic E-state index is 0.227. The number of hydrogen-bond acceptors (Lipinski definition) is 8. The van der Waals surface area contributed by atoms with E-state index in [1.54, 1.807) is 12.1 Å². The van der Waals surface area contributed by atoms with Gasteiger partial charge in [-0.05, 0) is 24.1 Å². The summed E-state index contributed by atoms with van der Waals surface area (Å²) in [6, 6.07) is 5.34. The lowest BCUT2D eigenvalue weighted by Gasteiger charge is -2.23. The Kier molecular flexibility index (Phi) is 18.7. The third-order valence-corrected chi connectivity index (χ3v) is 5.71. The predicted octanol–water partition coefficient (Wildman–Crippen LogP) is 0.580. The molecule has 0 bridgehead atoms. The van der Waals surface area contributed by atoms with Gasteiger partial charge in [0.05, 0.1) is 23.2 Å². The van der Waals surface area contributed by atoms with Gasteiger partial charge in [-0.2, -0.15) is 0 Å². The van der Waals surface area contributed by atoms with Crippen LogP contribution in [0.2, 0.25) is 10.0 Å². The first kappa shape index (κ1) is 34.8. The van der Waals surface area contributed by atoms with Crippen LogP contribution in [0.3, 0.4) is 0 Å². The fourth-order valence-electron chi connectivity index (χ4n) is 2.78. The number of unbranched alkanes of at least 4 members (excludes halogenated alkanes) is 5. The van der Waals surface area contributed by atoms with Crippen molar-refractivity contribution in [3.8, 4) is 0 Å². The molecule has 0 saturated carbocycles. The molecule has 4 atom stereocenters. The molecular weight excluding hydrogens is 529 g/mol. The number of nitrogens with two attached hydrogens (primary N) is 2. The zero-order valence-corrected chi connectivity index (χ0v) is 22.3. The van der Waals surface area contributed by atoms with Crippen molar-refractivity contribution in [2.75, 3.05) is 13.2 Å². The molecule has 0 aromatic heterocycles. The number of hydrogen-bond donors (Lipinski definition) is 9. The number of nitrogens with one attached hydrogen (secondary N) is 1. The van der Waals surface area contributed by atoms with E-state index in [-0.39, 0.29) is 5.96 Å². The number of aliphatic hydroxyl groups excluding tert-OH is 5. The first-order chi connectivity index (χ1) is 17.4. The van der Waals surface area contributed by atoms with Crippen LogP contribution in [-0.2, 0) is 11.3 Å². The van der Waals surface area contributed by atoms with E-state index >= 15 is 0 Å². The van der Waals surface area contributed by atoms with Gasteiger partial charge in [-0.1, -0.05) is 68.3 Å². The molecule has 1 aromatic rings. The van der Waals surface area contributed by atoms with Gasteiger partial charge in [-0.15, -0.1) is 0 Å². The van der Waals surface area contributed by atoms with E-state index in [2.05, 4.69) is 22.2 Å². The molecule has 37 heavy (non-hydrogen) atoms. The summed E-state index contributed by atoms with van der Waals surface area (Å²) in [6.07, 6.45) is -0.513. The maximum Gasteiger partial charge on any atom is 0.335 e. The fraction of sp³-hybridized carbons (Fsp3) is 0.609. The summed E-state index contributed by atoms with van der Waals surface area (Å²) in [4.78, 5) is 18.5. The van der Waals surface area contributed by atoms with Crippen molar-refractivity contribution >= 4 is 41.1 Å². The van der Waals surface area contributed by atoms with Gasteiger partial charge in [-0.25, -0.2) is 9.79 Å². The Bertz CT molecular complexity index is 861. The monoisotopic (exact) mass is 567 g/mol. The standard InChI is InChI=1S/C17H27Cl2N5.C6H12O7/c1-2-3-4-5-6-7-10-22-16(20)24-17(21)23-12-13-8-9-14(18)15(19)11-13;7-1-2(8)3(9)4(10)5(11)6(12)13/h8-9,11H,2-7,10,12H2,1H3,(H5,20,21,22,23,24);2-5,7-11H,1H2,(H,12,13)/t;2-,3-,4-,5-/m.1/s1. The van der Waals surface area contributed by atoms with Crippen LogP contribution in [-0.4, -0.2) is 86.1 Å². The number of guanidine groups is 2. The summed E-state index contributed by atoms with van der Waals surface area (Å²) in [5.74, 6) is -1.21. The van der Waals surface area contributed by atoms with Gasteiger partial charge in [0.25, 0.3) is 0 Å². The molecular formula is C23H39Cl2N5O7. The van der Waals surface area contributed by atoms with E-state index in [4.69, 9.17) is 65.3 Å². The van der Waals surface area contributed by atoms with Gasteiger partial charge >= 0.3 is 5.97 Å². The Morgan fingerprint density at radius 3 is 2.11 bits per heavy atom. The van der Waals surface area contributed by atoms with Gasteiger partial charge in [0.15, 0.2) is 18.0 Å². The Hall–Kier alpha value is -2.19. The number of benzene rings is 1. The van der Waals surface area contributed by atoms with E-state index in [0.29, 0.717) is 29.1 Å². The lowest BCUT2D eigenvalue weighted by atomic mass is 10.0. The van der Waals surface area contributed by atoms with Crippen LogP contribution in [0.15, 0.2) is 28.2 Å². The maximum absolute atomic E-state index is 10.1. The van der Waals surface area contributed by atoms with Crippen molar-refractivity contribution in [1.82, 2.24) is 5.32 Å². The SMILES string of the molecule is CCCCCCCCN=C(N)NC(N)=NCc1ccc(Cl)c(Cl)c1.O=C(O)[C@H](O)[C@H](O)[C@H](O)[C@H](O)CO. The molecule has 11 N–H and O–H groups in total. The molecule has 0 unspecified atom stereocenters. The van der Waals surface area contributed by atoms with Crippen LogP contribution in [0.25, 0.3) is 0 Å². The average molecular weight is 568 g/mol. The number of nitrogens with zero attached hydrogens (tertiary/aromatic N) is 2. The summed E-state index contributed by atoms with van der Waals surface area (Å²) in [5, 5.41) is 55.6. The largest absolute Gasteiger partial charge is 0.479 e. The Morgan fingerprint density at radius 2 is 1.54 bits per heavy atom. The Balaban J connectivity index is 0.000000845. The molecule has 0 aliphatic rings. The van der Waals surface area contributed by atoms with E-state index in [0.717, 1.165) is 12.0 Å². The quantitative estimate of drug-likeness (QED) is 0.0861. The van der Waals surface area contributed by atoms with Gasteiger partial charge in [-0.3, -0.25) is 10.3 Å². The van der Waals surface area contributed by atoms with Crippen molar-refractivity contribution in [3.05, 3.63) is 33.8 Å². The highest BCUT2D eigenvalue weighted by Crippen LogP contribution is 2.22. The van der Waals surface area contributed by atoms with Crippen LogP contribution in [0.1, 0.15) is 51.0 Å². The second-order valence-electron chi connectivity index (χ2n) is 8.12. The van der Waals surface area contributed by atoms with E-state index in [1.165, 1.54) is 32.1 Å². The third kappa shape index (κ3) is 15.6. The number of carboxylic acid groups (broad SMARTS) is 1. The molecule has 12 nitrogen and oxygen atoms in total. The summed E-state index contributed by atoms with van der Waals surface area (Å²) in [6.45, 7) is 2.46. The second kappa shape index (κ2) is 19.9. The highest BCUT2D eigenvalue weighted by Gasteiger charge is 2.33. The number of carbonyl (C=O) groups is 1. The topological polar surface area (TPSA) is 227 Å². The first-order valence-corrected chi connectivity index (χ1v) is 12.6. The summed E-state index contributed by atoms with van der Waals surface area (Å²) in [7, 11) is 0. The molecule has 14 heteroatoms. The van der Waals surface area contributed by atoms with Crippen LogP contribution in [0.4, 0.5) is 0 Å². The maximum atomic E-state index is 10.1. The van der Waals surface area contributed by atoms with Gasteiger partial charge in [0, 0.05) is 6.54 Å². The van der Waals surface area contributed by atoms with Crippen LogP contribution >= 0.6 is 23.2 Å². The molecule has 1 aromatic carbocycles. The molecule has 1 rings (SSSR count). The van der Waals surface area contributed by atoms with Crippen LogP contribution in [0, 0.1) is 0 Å². The highest BCUT2D eigenvalue weighted by atomic mass is 35.5. The lowest BCUT2D eigenvalue weighted by molar-refractivity contribution is -0.164. The van der Waals surface area contributed by atoms with Crippen molar-refractivity contribution in [1.29, 1.82) is 0 Å². The number of carboxylic acids is 1. The molecule has 0 amide bonds. The van der Waals surface area contributed by atoms with E-state index in [9.17, 15) is 4.79 Å². The molecule has 0 aliphatic carbocycles. The molecule has 0 spiro atoms. The van der Waals surface area contributed by atoms with E-state index < -0.39 is 37.0 Å². The summed E-state index contributed by atoms with van der Waals surface area (Å²) in [5.41, 5.74) is 12.5. The molecule has 0 aliphatic heterocycles. The molecule has 0 radical (unpaired) electrons. The number of aliphatic imine (C=N–C) groups is 2. The fourth-order valence-corrected chi connectivity index (χ4v) is 3.11. The molecule has 0 heterocycles. The third-order valence-electron chi connectivity index (χ3n) is 4.97. The van der Waals surface area contributed by atoms with Crippen LogP contribution in [0.5, 0.6) is 0 Å². The zero-order valence-electron chi connectivity index (χ0n) is 20.8. The number of rotatable bonds is 14. The smallest absolute Gasteiger partial charge is 0.335 e. The molecule has 0 fully saturated rings. The highest BCUT2D eigenvalue weighted by molar-refractivity contribution is 6.42. The number of halogens is 2. The van der Waals surface area contributed by atoms with Crippen LogP contribution < -0.4 is 16.8 Å². The minimum atomic E-state index is -2.20. The lowest BCUT2D eigenvalue weighted by Crippen LogP contribution is -2.48. The second-order valence-corrected chi connectivity index (χ2v) is 8.94. The summed E-state index contributed by atoms with van der Waals surface area (Å²) >= 11 is 11.8. The number of aliphatic hydroxyl groups is 5. The normalized spacial score (nSPS) is 15.2. The van der Waals surface area contributed by atoms with E-state index in [1.807, 2.05) is 6.07 Å². The van der Waals surface area contributed by atoms with Crippen molar-refractivity contribution in [2.45, 2.75) is 76.4 Å². The van der Waals surface area contributed by atoms with Gasteiger partial charge < -0.3 is 42.1 Å². The average Bonchev–Trinajstić information content (AvgIpc) is 2.87. The predicted molar refractivity (Wildman–Crippen MR) is 144 cm³/mol. The Labute approximate surface area is 226 Å². The number of aliphatic carboxylic acids is 1. The minimum Gasteiger partial charge on any atom is -0.479 e. The van der Waals surface area contributed by atoms with Crippen molar-refractivity contribution in [2.24, 2.45) is 21.5 Å². The van der Waals surface area contributed by atoms with Gasteiger partial charge in [0.2, 0.25) is 0 Å². The molecule has 212 valence electrons. The first-order valence-electron chi connectivity index (χ1n) is 11.8. The van der Waals surface area contributed by atoms with Crippen molar-refractivity contribution < 1.29 is 35.4 Å². The zero-order chi connectivity index (χ0) is 28.4. The van der Waals surface area contributed by atoms with Gasteiger partial charge in [0.1, 0.15) is 18.3 Å².